The molecule has 0 radical (unpaired) electrons. The van der Waals surface area contributed by atoms with Gasteiger partial charge in [0.15, 0.2) is 29.0 Å². The molecule has 0 atom stereocenters. The lowest BCUT2D eigenvalue weighted by Gasteiger charge is -2.29. The summed E-state index contributed by atoms with van der Waals surface area (Å²) in [6.07, 6.45) is 3.55. The number of nitrogens with zero attached hydrogens (tertiary/aromatic N) is 4. The quantitative estimate of drug-likeness (QED) is 0.200. The summed E-state index contributed by atoms with van der Waals surface area (Å²) in [4.78, 5) is 23.4. The van der Waals surface area contributed by atoms with Gasteiger partial charge in [-0.1, -0.05) is 6.07 Å². The van der Waals surface area contributed by atoms with Crippen LogP contribution in [0.3, 0.4) is 0 Å². The number of carbonyl (C=O) groups is 1. The third-order valence-electron chi connectivity index (χ3n) is 6.81. The number of hydrogen-bond donors (Lipinski definition) is 4. The summed E-state index contributed by atoms with van der Waals surface area (Å²) < 4.78 is 38.9. The Hall–Kier alpha value is -4.36. The Balaban J connectivity index is 1.21. The van der Waals surface area contributed by atoms with Crippen molar-refractivity contribution in [3.05, 3.63) is 60.1 Å². The summed E-state index contributed by atoms with van der Waals surface area (Å²) in [6.45, 7) is 3.19. The lowest BCUT2D eigenvalue weighted by atomic mass is 10.1. The molecule has 1 amide bonds. The van der Waals surface area contributed by atoms with Gasteiger partial charge in [0.25, 0.3) is 0 Å². The van der Waals surface area contributed by atoms with Crippen LogP contribution in [-0.2, 0) is 11.2 Å². The van der Waals surface area contributed by atoms with Crippen molar-refractivity contribution < 1.29 is 28.2 Å². The predicted octanol–water partition coefficient (Wildman–Crippen LogP) is 3.79. The van der Waals surface area contributed by atoms with E-state index >= 15 is 0 Å². The summed E-state index contributed by atoms with van der Waals surface area (Å²) in [7, 11) is 1.56. The molecule has 2 aromatic heterocycles. The van der Waals surface area contributed by atoms with E-state index in [2.05, 4.69) is 35.7 Å². The number of hydrogen-bond acceptors (Lipinski definition) is 9. The zero-order valence-corrected chi connectivity index (χ0v) is 22.5. The van der Waals surface area contributed by atoms with Gasteiger partial charge in [-0.25, -0.2) is 18.7 Å². The van der Waals surface area contributed by atoms with Crippen LogP contribution in [0.4, 0.5) is 26.1 Å². The second kappa shape index (κ2) is 12.9. The Kier molecular flexibility index (Phi) is 8.85. The average Bonchev–Trinajstić information content (AvgIpc) is 3.40. The Morgan fingerprint density at radius 2 is 2.00 bits per heavy atom. The second-order valence-electron chi connectivity index (χ2n) is 9.75. The van der Waals surface area contributed by atoms with Crippen LogP contribution in [0.5, 0.6) is 11.5 Å². The van der Waals surface area contributed by atoms with Gasteiger partial charge in [-0.15, -0.1) is 0 Å². The number of methoxy groups -OCH3 is 1. The Labute approximate surface area is 234 Å². The number of ether oxygens (including phenoxy) is 2. The molecule has 0 aliphatic carbocycles. The Morgan fingerprint density at radius 1 is 1.17 bits per heavy atom. The van der Waals surface area contributed by atoms with Gasteiger partial charge in [0.1, 0.15) is 12.1 Å². The number of aliphatic hydroxyl groups is 1. The normalized spacial score (nSPS) is 14.2. The third-order valence-corrected chi connectivity index (χ3v) is 6.81. The number of aromatic amines is 1. The van der Waals surface area contributed by atoms with Crippen molar-refractivity contribution in [3.63, 3.8) is 0 Å². The number of halogens is 2. The average molecular weight is 568 g/mol. The fourth-order valence-corrected chi connectivity index (χ4v) is 4.65. The topological polar surface area (TPSA) is 138 Å². The number of anilines is 3. The van der Waals surface area contributed by atoms with Crippen LogP contribution >= 0.6 is 0 Å². The van der Waals surface area contributed by atoms with Crippen LogP contribution in [0.25, 0.3) is 10.9 Å². The first-order chi connectivity index (χ1) is 19.9. The van der Waals surface area contributed by atoms with Gasteiger partial charge < -0.3 is 30.1 Å². The number of rotatable bonds is 11. The van der Waals surface area contributed by atoms with Gasteiger partial charge in [0.2, 0.25) is 5.91 Å². The van der Waals surface area contributed by atoms with E-state index < -0.39 is 17.5 Å². The van der Waals surface area contributed by atoms with Crippen molar-refractivity contribution in [3.8, 4) is 11.5 Å². The molecular weight excluding hydrogens is 536 g/mol. The van der Waals surface area contributed by atoms with Gasteiger partial charge in [-0.05, 0) is 37.5 Å². The van der Waals surface area contributed by atoms with Crippen molar-refractivity contribution in [2.75, 3.05) is 44.0 Å². The fraction of sp³-hybridized carbons (Fsp3) is 0.357. The molecule has 1 fully saturated rings. The number of piperidine rings is 1. The minimum atomic E-state index is -1.12. The summed E-state index contributed by atoms with van der Waals surface area (Å²) in [5.41, 5.74) is 0.852. The molecule has 11 nitrogen and oxygen atoms in total. The predicted molar refractivity (Wildman–Crippen MR) is 148 cm³/mol. The highest BCUT2D eigenvalue weighted by molar-refractivity contribution is 5.93. The lowest BCUT2D eigenvalue weighted by molar-refractivity contribution is -0.115. The van der Waals surface area contributed by atoms with Crippen LogP contribution in [0.1, 0.15) is 25.0 Å². The number of fused-ring (bicyclic) bond motifs is 1. The van der Waals surface area contributed by atoms with Crippen LogP contribution in [0, 0.1) is 11.6 Å². The molecule has 0 bridgehead atoms. The number of carbonyl (C=O) groups excluding carboxylic acids is 1. The molecule has 2 aromatic carbocycles. The van der Waals surface area contributed by atoms with E-state index in [-0.39, 0.29) is 18.2 Å². The maximum absolute atomic E-state index is 13.9. The number of aromatic nitrogens is 4. The minimum Gasteiger partial charge on any atom is -0.493 e. The molecule has 41 heavy (non-hydrogen) atoms. The molecule has 4 N–H and O–H groups in total. The van der Waals surface area contributed by atoms with E-state index in [1.54, 1.807) is 25.3 Å². The van der Waals surface area contributed by atoms with Gasteiger partial charge in [0.05, 0.1) is 37.4 Å². The van der Waals surface area contributed by atoms with Gasteiger partial charge in [-0.3, -0.25) is 9.89 Å². The number of benzene rings is 2. The van der Waals surface area contributed by atoms with Crippen molar-refractivity contribution in [1.29, 1.82) is 0 Å². The Bertz CT molecular complexity index is 1510. The van der Waals surface area contributed by atoms with Crippen molar-refractivity contribution in [1.82, 2.24) is 25.1 Å². The zero-order chi connectivity index (χ0) is 28.8. The molecule has 216 valence electrons. The standard InChI is InChI=1S/C28H31F2N7O4/c1-40-23-14-19-22(15-24(23)41-11-3-8-37-9-6-18(38)7-10-37)31-16-32-28(19)34-25-12-17(35-36-25)13-26(39)33-21-5-2-4-20(29)27(21)30/h2,4-5,12,14-16,18,38H,3,6-11,13H2,1H3,(H,33,39)(H2,31,32,34,35,36). The molecule has 5 rings (SSSR count). The maximum atomic E-state index is 13.9. The molecule has 1 aliphatic rings. The van der Waals surface area contributed by atoms with Crippen molar-refractivity contribution in [2.45, 2.75) is 31.8 Å². The molecule has 4 aromatic rings. The molecule has 13 heteroatoms. The molecule has 3 heterocycles. The van der Waals surface area contributed by atoms with Crippen LogP contribution in [-0.4, -0.2) is 75.5 Å². The number of H-pyrrole nitrogens is 1. The lowest BCUT2D eigenvalue weighted by Crippen LogP contribution is -2.36. The smallest absolute Gasteiger partial charge is 0.230 e. The SMILES string of the molecule is COc1cc2c(Nc3cc(CC(=O)Nc4cccc(F)c4F)[nH]n3)ncnc2cc1OCCCN1CCC(O)CC1. The van der Waals surface area contributed by atoms with E-state index in [0.29, 0.717) is 46.3 Å². The first-order valence-corrected chi connectivity index (χ1v) is 13.3. The summed E-state index contributed by atoms with van der Waals surface area (Å²) in [6, 6.07) is 8.77. The third kappa shape index (κ3) is 7.05. The highest BCUT2D eigenvalue weighted by Crippen LogP contribution is 2.34. The minimum absolute atomic E-state index is 0.136. The molecule has 0 saturated carbocycles. The molecule has 1 aliphatic heterocycles. The summed E-state index contributed by atoms with van der Waals surface area (Å²) >= 11 is 0. The van der Waals surface area contributed by atoms with E-state index in [1.807, 2.05) is 0 Å². The zero-order valence-electron chi connectivity index (χ0n) is 22.5. The first-order valence-electron chi connectivity index (χ1n) is 13.3. The largest absolute Gasteiger partial charge is 0.493 e. The van der Waals surface area contributed by atoms with Crippen LogP contribution in [0.2, 0.25) is 0 Å². The Morgan fingerprint density at radius 3 is 2.80 bits per heavy atom. The van der Waals surface area contributed by atoms with E-state index in [4.69, 9.17) is 9.47 Å². The van der Waals surface area contributed by atoms with Gasteiger partial charge in [-0.2, -0.15) is 5.10 Å². The number of likely N-dealkylation sites (tertiary alicyclic amines) is 1. The number of nitrogens with one attached hydrogen (secondary N) is 3. The van der Waals surface area contributed by atoms with E-state index in [0.717, 1.165) is 45.0 Å². The maximum Gasteiger partial charge on any atom is 0.230 e. The number of amides is 1. The fourth-order valence-electron chi connectivity index (χ4n) is 4.65. The molecule has 1 saturated heterocycles. The van der Waals surface area contributed by atoms with Crippen LogP contribution < -0.4 is 20.1 Å². The van der Waals surface area contributed by atoms with E-state index in [1.165, 1.54) is 18.5 Å². The van der Waals surface area contributed by atoms with Crippen molar-refractivity contribution in [2.24, 2.45) is 0 Å². The van der Waals surface area contributed by atoms with Crippen LogP contribution in [0.15, 0.2) is 42.7 Å². The second-order valence-corrected chi connectivity index (χ2v) is 9.75. The molecule has 0 spiro atoms. The van der Waals surface area contributed by atoms with Gasteiger partial charge >= 0.3 is 0 Å². The molecule has 0 unspecified atom stereocenters. The van der Waals surface area contributed by atoms with Crippen molar-refractivity contribution >= 4 is 34.1 Å². The highest BCUT2D eigenvalue weighted by atomic mass is 19.2. The summed E-state index contributed by atoms with van der Waals surface area (Å²) in [5, 5.41) is 22.7. The number of aliphatic hydroxyl groups excluding tert-OH is 1. The summed E-state index contributed by atoms with van der Waals surface area (Å²) in [5.74, 6) is -0.735. The highest BCUT2D eigenvalue weighted by Gasteiger charge is 2.17. The first kappa shape index (κ1) is 28.2. The monoisotopic (exact) mass is 567 g/mol. The van der Waals surface area contributed by atoms with Gasteiger partial charge in [0, 0.05) is 42.8 Å². The van der Waals surface area contributed by atoms with E-state index in [9.17, 15) is 18.7 Å². The molecular formula is C28H31F2N7O4.